The minimum atomic E-state index is -5.29. The number of hydrazone groups is 1. The van der Waals surface area contributed by atoms with E-state index in [1.54, 1.807) is 11.8 Å². The molecule has 23 nitrogen and oxygen atoms in total. The molecule has 5 aliphatic rings. The molecule has 6 unspecified atom stereocenters. The molecule has 0 saturated carbocycles. The molecule has 8 N–H and O–H groups in total. The summed E-state index contributed by atoms with van der Waals surface area (Å²) in [4.78, 5) is 36.3. The van der Waals surface area contributed by atoms with Gasteiger partial charge in [-0.3, -0.25) is 34.5 Å². The lowest BCUT2D eigenvalue weighted by atomic mass is 9.71. The number of hydrogen-bond acceptors (Lipinski definition) is 20. The molecule has 1 saturated heterocycles. The first-order valence-corrected chi connectivity index (χ1v) is 24.2. The van der Waals surface area contributed by atoms with Gasteiger partial charge in [-0.05, 0) is 56.5 Å². The quantitative estimate of drug-likeness (QED) is 0.0857. The van der Waals surface area contributed by atoms with Crippen LogP contribution in [0.3, 0.4) is 0 Å². The van der Waals surface area contributed by atoms with E-state index in [0.29, 0.717) is 38.5 Å². The molecule has 1 aromatic heterocycles. The number of carbonyl (C=O) groups excluding carboxylic acids is 1. The summed E-state index contributed by atoms with van der Waals surface area (Å²) in [5.74, 6) is -3.25. The van der Waals surface area contributed by atoms with E-state index in [1.807, 2.05) is 25.2 Å². The van der Waals surface area contributed by atoms with Crippen LogP contribution in [0.2, 0.25) is 0 Å². The number of amidine groups is 1. The third kappa shape index (κ3) is 10.2. The molecule has 3 aliphatic carbocycles. The van der Waals surface area contributed by atoms with Gasteiger partial charge in [0.05, 0.1) is 29.8 Å². The van der Waals surface area contributed by atoms with Gasteiger partial charge in [-0.25, -0.2) is 4.99 Å². The first kappa shape index (κ1) is 46.4. The van der Waals surface area contributed by atoms with Gasteiger partial charge in [0.15, 0.2) is 0 Å². The first-order valence-electron chi connectivity index (χ1n) is 19.8. The zero-order valence-corrected chi connectivity index (χ0v) is 37.0. The number of carbonyl (C=O) groups is 1. The van der Waals surface area contributed by atoms with Crippen LogP contribution in [-0.2, 0) is 39.9 Å². The molecule has 2 aliphatic heterocycles. The highest BCUT2D eigenvalue weighted by Crippen LogP contribution is 2.43. The number of anilines is 4. The summed E-state index contributed by atoms with van der Waals surface area (Å²) in [5, 5.41) is 13.3. The van der Waals surface area contributed by atoms with Crippen molar-refractivity contribution < 1.29 is 52.8 Å². The van der Waals surface area contributed by atoms with Crippen LogP contribution in [0.15, 0.2) is 84.1 Å². The maximum Gasteiger partial charge on any atom is 0.296 e. The molecule has 3 heterocycles. The Morgan fingerprint density at radius 3 is 2.38 bits per heavy atom. The van der Waals surface area contributed by atoms with Crippen LogP contribution >= 0.6 is 0 Å². The Morgan fingerprint density at radius 2 is 1.72 bits per heavy atom. The monoisotopic (exact) mass is 948 g/mol. The largest absolute Gasteiger partial charge is 0.378 e. The Morgan fingerprint density at radius 1 is 1.00 bits per heavy atom. The lowest BCUT2D eigenvalue weighted by Crippen LogP contribution is -2.56. The van der Waals surface area contributed by atoms with Crippen molar-refractivity contribution in [3.05, 3.63) is 70.0 Å². The van der Waals surface area contributed by atoms with Crippen LogP contribution < -0.4 is 26.7 Å². The van der Waals surface area contributed by atoms with Gasteiger partial charge in [0.2, 0.25) is 29.9 Å². The van der Waals surface area contributed by atoms with Gasteiger partial charge < -0.3 is 20.3 Å². The van der Waals surface area contributed by atoms with Gasteiger partial charge in [-0.1, -0.05) is 37.6 Å². The number of benzene rings is 1. The Kier molecular flexibility index (Phi) is 13.2. The first-order chi connectivity index (χ1) is 30.1. The highest BCUT2D eigenvalue weighted by Gasteiger charge is 2.52. The SMILES string of the molecule is CCC1C2=C(C(=O)C(=NNc3cc(Nc4nc(C)nc(NC5C=C(C)C=CC5)n4)ccc3S(=O)(=O)O)C1S(=O)(=O)O)C(NC1N=C(F)NC(N3CCOCC3)=N1)C(C)C(S(=O)(=O)O)=C2. The van der Waals surface area contributed by atoms with Gasteiger partial charge in [-0.2, -0.15) is 54.7 Å². The molecule has 0 spiro atoms. The molecular formula is C37H45FN12O11S3. The van der Waals surface area contributed by atoms with E-state index in [0.717, 1.165) is 23.8 Å². The average molecular weight is 949 g/mol. The molecule has 0 bridgehead atoms. The Labute approximate surface area is 367 Å². The van der Waals surface area contributed by atoms with Crippen LogP contribution in [0.25, 0.3) is 0 Å². The molecular weight excluding hydrogens is 904 g/mol. The summed E-state index contributed by atoms with van der Waals surface area (Å²) in [5.41, 5.74) is 1.73. The third-order valence-electron chi connectivity index (χ3n) is 10.9. The number of ether oxygens (including phenoxy) is 1. The van der Waals surface area contributed by atoms with Crippen LogP contribution in [0.5, 0.6) is 0 Å². The number of morpholine rings is 1. The molecule has 27 heteroatoms. The number of guanidine groups is 1. The van der Waals surface area contributed by atoms with Crippen molar-refractivity contribution in [3.8, 4) is 0 Å². The molecule has 64 heavy (non-hydrogen) atoms. The number of Topliss-reactive ketones (excluding diaryl/α,β-unsaturated/α-hetero) is 1. The lowest BCUT2D eigenvalue weighted by molar-refractivity contribution is -0.110. The van der Waals surface area contributed by atoms with Crippen molar-refractivity contribution in [1.29, 1.82) is 0 Å². The van der Waals surface area contributed by atoms with E-state index >= 15 is 4.39 Å². The Balaban J connectivity index is 1.28. The van der Waals surface area contributed by atoms with E-state index in [1.165, 1.54) is 19.9 Å². The second-order valence-electron chi connectivity index (χ2n) is 15.3. The van der Waals surface area contributed by atoms with Crippen molar-refractivity contribution in [2.45, 2.75) is 69.1 Å². The maximum atomic E-state index is 15.0. The Hall–Kier alpha value is -5.55. The van der Waals surface area contributed by atoms with Crippen molar-refractivity contribution >= 4 is 77.2 Å². The van der Waals surface area contributed by atoms with E-state index in [2.05, 4.69) is 56.7 Å². The van der Waals surface area contributed by atoms with Crippen molar-refractivity contribution in [2.24, 2.45) is 26.9 Å². The molecule has 0 amide bonds. The van der Waals surface area contributed by atoms with Gasteiger partial charge in [0.1, 0.15) is 21.7 Å². The molecule has 0 radical (unpaired) electrons. The third-order valence-corrected chi connectivity index (χ3v) is 14.1. The zero-order chi connectivity index (χ0) is 46.3. The number of aromatic nitrogens is 3. The van der Waals surface area contributed by atoms with Crippen LogP contribution in [-0.4, -0.2) is 132 Å². The number of allylic oxidation sites excluding steroid dienone is 4. The van der Waals surface area contributed by atoms with Crippen LogP contribution in [0, 0.1) is 18.8 Å². The van der Waals surface area contributed by atoms with Crippen molar-refractivity contribution in [3.63, 3.8) is 0 Å². The summed E-state index contributed by atoms with van der Waals surface area (Å²) in [6.07, 6.45) is 4.87. The van der Waals surface area contributed by atoms with Crippen molar-refractivity contribution in [1.82, 2.24) is 30.5 Å². The normalized spacial score (nSPS) is 26.0. The second-order valence-corrected chi connectivity index (χ2v) is 19.7. The number of aliphatic imine (C=N–C) groups is 2. The molecule has 1 aromatic carbocycles. The molecule has 7 rings (SSSR count). The highest BCUT2D eigenvalue weighted by atomic mass is 32.2. The predicted octanol–water partition coefficient (Wildman–Crippen LogP) is 2.07. The van der Waals surface area contributed by atoms with Gasteiger partial charge in [0, 0.05) is 42.2 Å². The maximum absolute atomic E-state index is 15.0. The second kappa shape index (κ2) is 18.1. The predicted molar refractivity (Wildman–Crippen MR) is 232 cm³/mol. The minimum absolute atomic E-state index is 0.0275. The fourth-order valence-electron chi connectivity index (χ4n) is 8.05. The fourth-order valence-corrected chi connectivity index (χ4v) is 10.8. The number of hydrogen-bond donors (Lipinski definition) is 8. The molecule has 1 fully saturated rings. The smallest absolute Gasteiger partial charge is 0.296 e. The number of nitrogens with zero attached hydrogens (tertiary/aromatic N) is 7. The van der Waals surface area contributed by atoms with Gasteiger partial charge in [0.25, 0.3) is 36.4 Å². The summed E-state index contributed by atoms with van der Waals surface area (Å²) in [6, 6.07) is 1.82. The number of rotatable bonds is 12. The molecule has 2 aromatic rings. The van der Waals surface area contributed by atoms with E-state index in [-0.39, 0.29) is 47.2 Å². The number of halogens is 1. The average Bonchev–Trinajstić information content (AvgIpc) is 3.20. The van der Waals surface area contributed by atoms with Crippen LogP contribution in [0.4, 0.5) is 27.7 Å². The minimum Gasteiger partial charge on any atom is -0.378 e. The van der Waals surface area contributed by atoms with Gasteiger partial charge >= 0.3 is 0 Å². The van der Waals surface area contributed by atoms with E-state index in [9.17, 15) is 43.7 Å². The lowest BCUT2D eigenvalue weighted by Gasteiger charge is -2.41. The molecule has 6 atom stereocenters. The van der Waals surface area contributed by atoms with E-state index in [4.69, 9.17) is 4.74 Å². The van der Waals surface area contributed by atoms with E-state index < -0.39 is 92.8 Å². The summed E-state index contributed by atoms with van der Waals surface area (Å²) >= 11 is 0. The van der Waals surface area contributed by atoms with Gasteiger partial charge in [-0.15, -0.1) is 0 Å². The molecule has 344 valence electrons. The summed E-state index contributed by atoms with van der Waals surface area (Å²) in [6.45, 7) is 7.69. The number of ketones is 1. The summed E-state index contributed by atoms with van der Waals surface area (Å²) < 4.78 is 129. The zero-order valence-electron chi connectivity index (χ0n) is 34.6. The topological polar surface area (TPSA) is 329 Å². The van der Waals surface area contributed by atoms with Crippen LogP contribution in [0.1, 0.15) is 39.4 Å². The van der Waals surface area contributed by atoms with Crippen molar-refractivity contribution in [2.75, 3.05) is 42.4 Å². The standard InChI is InChI=1S/C37H45FN12O11S3/c1-5-23-24-17-27(63(55,56)57)19(3)29(43-36-44-33(38)45-37(47-36)50-11-13-61-14-12-50)28(24)31(51)30(32(23)64(58,59)60)49-48-25-16-22(9-10-26(25)62(52,53)54)42-35-40-20(4)39-34(46-35)41-21-8-6-7-18(2)15-21/h6-7,9-10,15-17,19,21,23,29,32,36,43,48H,5,8,11-14H2,1-4H3,(H,44,45,47)(H,52,53,54)(H,55,56,57)(H,58,59,60)(H2,39,40,41,42,46). The highest BCUT2D eigenvalue weighted by molar-refractivity contribution is 7.89. The number of aryl methyl sites for hydroxylation is 1. The Bertz CT molecular complexity index is 2810. The fraction of sp³-hybridized carbons (Fsp3) is 0.432. The summed E-state index contributed by atoms with van der Waals surface area (Å²) in [7, 11) is -15.3. The number of nitrogens with one attached hydrogen (secondary N) is 5.